The molecule has 106 valence electrons. The quantitative estimate of drug-likeness (QED) is 0.570. The first-order valence-electron chi connectivity index (χ1n) is 5.25. The van der Waals surface area contributed by atoms with Crippen molar-refractivity contribution in [3.05, 3.63) is 42.9 Å². The summed E-state index contributed by atoms with van der Waals surface area (Å²) in [6, 6.07) is 1.61. The number of benzene rings is 1. The number of halogens is 5. The molecule has 3 nitrogen and oxygen atoms in total. The second-order valence-electron chi connectivity index (χ2n) is 3.88. The van der Waals surface area contributed by atoms with E-state index in [1.54, 1.807) is 6.07 Å². The third-order valence-electron chi connectivity index (χ3n) is 2.64. The van der Waals surface area contributed by atoms with Crippen LogP contribution in [0, 0.1) is 0 Å². The highest BCUT2D eigenvalue weighted by molar-refractivity contribution is 6.56. The zero-order chi connectivity index (χ0) is 15.0. The number of nitrogen functional groups attached to an aromatic ring is 1. The molecule has 0 saturated carbocycles. The van der Waals surface area contributed by atoms with Gasteiger partial charge in [-0.2, -0.15) is 0 Å². The third-order valence-corrected chi connectivity index (χ3v) is 4.91. The molecule has 1 heterocycles. The number of nitrogens with two attached hydrogens (primary N) is 1. The molecule has 0 saturated heterocycles. The van der Waals surface area contributed by atoms with Crippen LogP contribution in [0.25, 0.3) is 11.1 Å². The van der Waals surface area contributed by atoms with Gasteiger partial charge >= 0.3 is 0 Å². The largest absolute Gasteiger partial charge is 0.392 e. The van der Waals surface area contributed by atoms with E-state index in [1.807, 2.05) is 0 Å². The molecule has 20 heavy (non-hydrogen) atoms. The second-order valence-corrected chi connectivity index (χ2v) is 5.77. The van der Waals surface area contributed by atoms with Gasteiger partial charge in [-0.25, -0.2) is 4.98 Å². The van der Waals surface area contributed by atoms with E-state index in [2.05, 4.69) is 4.98 Å². The fraction of sp³-hybridized carbons (Fsp3) is 0.0833. The highest BCUT2D eigenvalue weighted by atomic mass is 35.5. The fourth-order valence-electron chi connectivity index (χ4n) is 1.65. The van der Waals surface area contributed by atoms with Gasteiger partial charge in [-0.3, -0.25) is 0 Å². The first-order valence-corrected chi connectivity index (χ1v) is 7.14. The van der Waals surface area contributed by atoms with Crippen LogP contribution in [-0.2, 0) is 6.61 Å². The average molecular weight is 372 g/mol. The summed E-state index contributed by atoms with van der Waals surface area (Å²) in [6.45, 7) is -0.204. The summed E-state index contributed by atoms with van der Waals surface area (Å²) in [7, 11) is 0. The molecule has 0 spiro atoms. The normalized spacial score (nSPS) is 10.9. The number of aliphatic hydroxyl groups is 1. The molecule has 0 fully saturated rings. The number of aliphatic hydroxyl groups excluding tert-OH is 1. The van der Waals surface area contributed by atoms with Gasteiger partial charge in [-0.05, 0) is 11.6 Å². The van der Waals surface area contributed by atoms with E-state index < -0.39 is 0 Å². The minimum absolute atomic E-state index is 0.0666. The Morgan fingerprint density at radius 2 is 1.45 bits per heavy atom. The van der Waals surface area contributed by atoms with Crippen LogP contribution in [-0.4, -0.2) is 10.1 Å². The summed E-state index contributed by atoms with van der Waals surface area (Å²) >= 11 is 30.3. The van der Waals surface area contributed by atoms with Gasteiger partial charge in [0, 0.05) is 17.3 Å². The second kappa shape index (κ2) is 6.14. The Morgan fingerprint density at radius 3 is 1.95 bits per heavy atom. The molecule has 8 heteroatoms. The summed E-state index contributed by atoms with van der Waals surface area (Å²) in [5, 5.41) is 9.63. The summed E-state index contributed by atoms with van der Waals surface area (Å²) in [6.07, 6.45) is 1.44. The molecule has 0 aliphatic heterocycles. The molecule has 1 aromatic carbocycles. The standard InChI is InChI=1S/C12H7Cl5N2O/c13-7-6(8(14)10(16)11(17)9(7)15)5-1-4(3-20)2-19-12(5)18/h1-2,20H,3H2,(H2,18,19). The Labute approximate surface area is 140 Å². The highest BCUT2D eigenvalue weighted by Crippen LogP contribution is 2.49. The molecule has 2 rings (SSSR count). The molecule has 3 N–H and O–H groups in total. The minimum atomic E-state index is -0.204. The average Bonchev–Trinajstić information content (AvgIpc) is 2.45. The molecular formula is C12H7Cl5N2O. The van der Waals surface area contributed by atoms with Crippen molar-refractivity contribution in [2.24, 2.45) is 0 Å². The summed E-state index contributed by atoms with van der Waals surface area (Å²) in [5.74, 6) is 0.181. The van der Waals surface area contributed by atoms with Gasteiger partial charge in [-0.1, -0.05) is 58.0 Å². The Morgan fingerprint density at radius 1 is 0.950 bits per heavy atom. The molecule has 2 aromatic rings. The van der Waals surface area contributed by atoms with Crippen LogP contribution in [0.5, 0.6) is 0 Å². The summed E-state index contributed by atoms with van der Waals surface area (Å²) < 4.78 is 0. The predicted molar refractivity (Wildman–Crippen MR) is 85.1 cm³/mol. The Kier molecular flexibility index (Phi) is 4.90. The zero-order valence-corrected chi connectivity index (χ0v) is 13.5. The zero-order valence-electron chi connectivity index (χ0n) is 9.72. The van der Waals surface area contributed by atoms with Crippen molar-refractivity contribution in [3.63, 3.8) is 0 Å². The lowest BCUT2D eigenvalue weighted by molar-refractivity contribution is 0.281. The van der Waals surface area contributed by atoms with Gasteiger partial charge in [0.2, 0.25) is 0 Å². The summed E-state index contributed by atoms with van der Waals surface area (Å²) in [4.78, 5) is 3.97. The molecule has 0 amide bonds. The molecule has 0 aliphatic rings. The van der Waals surface area contributed by atoms with E-state index in [0.29, 0.717) is 16.7 Å². The van der Waals surface area contributed by atoms with Crippen molar-refractivity contribution in [2.75, 3.05) is 5.73 Å². The number of pyridine rings is 1. The number of aromatic nitrogens is 1. The first-order chi connectivity index (χ1) is 9.38. The van der Waals surface area contributed by atoms with Crippen LogP contribution in [0.2, 0.25) is 25.1 Å². The Hall–Kier alpha value is -0.420. The van der Waals surface area contributed by atoms with Gasteiger partial charge in [0.25, 0.3) is 0 Å². The van der Waals surface area contributed by atoms with Gasteiger partial charge in [0.15, 0.2) is 0 Å². The number of nitrogens with zero attached hydrogens (tertiary/aromatic N) is 1. The maximum Gasteiger partial charge on any atom is 0.131 e. The van der Waals surface area contributed by atoms with E-state index in [4.69, 9.17) is 63.7 Å². The van der Waals surface area contributed by atoms with Crippen molar-refractivity contribution < 1.29 is 5.11 Å². The van der Waals surface area contributed by atoms with Crippen molar-refractivity contribution in [1.29, 1.82) is 0 Å². The lowest BCUT2D eigenvalue weighted by Gasteiger charge is -2.14. The molecular weight excluding hydrogens is 365 g/mol. The SMILES string of the molecule is Nc1ncc(CO)cc1-c1c(Cl)c(Cl)c(Cl)c(Cl)c1Cl. The molecule has 0 bridgehead atoms. The lowest BCUT2D eigenvalue weighted by atomic mass is 10.0. The fourth-order valence-corrected chi connectivity index (χ4v) is 2.99. The van der Waals surface area contributed by atoms with E-state index >= 15 is 0 Å². The van der Waals surface area contributed by atoms with Crippen molar-refractivity contribution in [2.45, 2.75) is 6.61 Å². The molecule has 0 aliphatic carbocycles. The van der Waals surface area contributed by atoms with Crippen LogP contribution in [0.1, 0.15) is 5.56 Å². The van der Waals surface area contributed by atoms with Gasteiger partial charge in [-0.15, -0.1) is 0 Å². The monoisotopic (exact) mass is 370 g/mol. The molecule has 0 atom stereocenters. The number of anilines is 1. The van der Waals surface area contributed by atoms with Crippen LogP contribution in [0.4, 0.5) is 5.82 Å². The molecule has 0 radical (unpaired) electrons. The smallest absolute Gasteiger partial charge is 0.131 e. The summed E-state index contributed by atoms with van der Waals surface area (Å²) in [5.41, 5.74) is 7.12. The van der Waals surface area contributed by atoms with Gasteiger partial charge in [0.05, 0.1) is 31.7 Å². The Bertz CT molecular complexity index is 661. The van der Waals surface area contributed by atoms with Crippen molar-refractivity contribution in [3.8, 4) is 11.1 Å². The maximum absolute atomic E-state index is 9.17. The van der Waals surface area contributed by atoms with Crippen LogP contribution < -0.4 is 5.73 Å². The van der Waals surface area contributed by atoms with E-state index in [0.717, 1.165) is 0 Å². The molecule has 1 aromatic heterocycles. The topological polar surface area (TPSA) is 59.1 Å². The number of rotatable bonds is 2. The Balaban J connectivity index is 2.83. The highest BCUT2D eigenvalue weighted by Gasteiger charge is 2.22. The predicted octanol–water partition coefficient (Wildman–Crippen LogP) is 5.09. The number of hydrogen-bond donors (Lipinski definition) is 2. The van der Waals surface area contributed by atoms with Crippen LogP contribution in [0.3, 0.4) is 0 Å². The van der Waals surface area contributed by atoms with E-state index in [-0.39, 0.29) is 37.5 Å². The van der Waals surface area contributed by atoms with Crippen molar-refractivity contribution >= 4 is 63.8 Å². The van der Waals surface area contributed by atoms with Crippen molar-refractivity contribution in [1.82, 2.24) is 4.98 Å². The maximum atomic E-state index is 9.17. The van der Waals surface area contributed by atoms with Gasteiger partial charge < -0.3 is 10.8 Å². The van der Waals surface area contributed by atoms with Crippen LogP contribution >= 0.6 is 58.0 Å². The third kappa shape index (κ3) is 2.67. The van der Waals surface area contributed by atoms with E-state index in [9.17, 15) is 5.11 Å². The lowest BCUT2D eigenvalue weighted by Crippen LogP contribution is -1.98. The van der Waals surface area contributed by atoms with Gasteiger partial charge in [0.1, 0.15) is 5.82 Å². The van der Waals surface area contributed by atoms with E-state index in [1.165, 1.54) is 6.20 Å². The minimum Gasteiger partial charge on any atom is -0.392 e. The number of hydrogen-bond acceptors (Lipinski definition) is 3. The molecule has 0 unspecified atom stereocenters. The van der Waals surface area contributed by atoms with Crippen LogP contribution in [0.15, 0.2) is 12.3 Å². The first kappa shape index (κ1) is 16.0.